The molecule has 0 bridgehead atoms. The molecule has 0 aromatic heterocycles. The van der Waals surface area contributed by atoms with Crippen molar-refractivity contribution in [1.82, 2.24) is 4.90 Å². The van der Waals surface area contributed by atoms with E-state index in [1.54, 1.807) is 0 Å². The van der Waals surface area contributed by atoms with Crippen LogP contribution in [-0.2, 0) is 16.0 Å². The van der Waals surface area contributed by atoms with E-state index in [1.165, 1.54) is 4.90 Å². The number of benzene rings is 1. The maximum absolute atomic E-state index is 11.5. The van der Waals surface area contributed by atoms with Crippen molar-refractivity contribution in [3.05, 3.63) is 35.4 Å². The molecule has 23 heavy (non-hydrogen) atoms. The summed E-state index contributed by atoms with van der Waals surface area (Å²) >= 11 is 0. The minimum Gasteiger partial charge on any atom is -0.465 e. The molecule has 5 heteroatoms. The second-order valence-corrected chi connectivity index (χ2v) is 6.02. The van der Waals surface area contributed by atoms with Gasteiger partial charge >= 0.3 is 6.09 Å². The molecule has 0 atom stereocenters. The Kier molecular flexibility index (Phi) is 7.52. The molecule has 0 radical (unpaired) electrons. The number of ether oxygens (including phenoxy) is 2. The molecule has 0 aliphatic heterocycles. The molecule has 5 nitrogen and oxygen atoms in total. The van der Waals surface area contributed by atoms with Gasteiger partial charge in [0.25, 0.3) is 0 Å². The second-order valence-electron chi connectivity index (χ2n) is 6.02. The van der Waals surface area contributed by atoms with Crippen molar-refractivity contribution < 1.29 is 19.4 Å². The minimum atomic E-state index is -0.901. The summed E-state index contributed by atoms with van der Waals surface area (Å²) in [6.07, 6.45) is -0.516. The van der Waals surface area contributed by atoms with E-state index in [4.69, 9.17) is 9.47 Å². The number of amides is 1. The summed E-state index contributed by atoms with van der Waals surface area (Å²) < 4.78 is 11.1. The Labute approximate surface area is 139 Å². The third-order valence-electron chi connectivity index (χ3n) is 4.06. The molecule has 1 amide bonds. The van der Waals surface area contributed by atoms with Gasteiger partial charge in [0.05, 0.1) is 0 Å². The maximum Gasteiger partial charge on any atom is 0.408 e. The molecular weight excluding hydrogens is 294 g/mol. The van der Waals surface area contributed by atoms with Crippen LogP contribution in [-0.4, -0.2) is 34.9 Å². The van der Waals surface area contributed by atoms with Crippen LogP contribution in [0.5, 0.6) is 0 Å². The highest BCUT2D eigenvalue weighted by molar-refractivity contribution is 5.66. The van der Waals surface area contributed by atoms with Crippen molar-refractivity contribution in [3.63, 3.8) is 0 Å². The Morgan fingerprint density at radius 2 is 1.65 bits per heavy atom. The van der Waals surface area contributed by atoms with Crippen LogP contribution >= 0.6 is 0 Å². The van der Waals surface area contributed by atoms with Crippen molar-refractivity contribution >= 4 is 6.09 Å². The first-order valence-electron chi connectivity index (χ1n) is 8.18. The maximum atomic E-state index is 11.5. The zero-order valence-electron chi connectivity index (χ0n) is 14.8. The number of nitrogens with zero attached hydrogens (tertiary/aromatic N) is 1. The molecule has 1 aromatic rings. The van der Waals surface area contributed by atoms with Gasteiger partial charge in [0.2, 0.25) is 0 Å². The third kappa shape index (κ3) is 5.52. The van der Waals surface area contributed by atoms with E-state index in [-0.39, 0.29) is 6.29 Å². The summed E-state index contributed by atoms with van der Waals surface area (Å²) in [5.74, 6) is 0. The standard InChI is InChI=1S/C18H29NO4/c1-6-18(4,5)19(17(20)21)13-14-9-11-15(12-10-14)16(22-7-2)23-8-3/h9-12,16H,6-8,13H2,1-5H3,(H,20,21). The SMILES string of the molecule is CCOC(OCC)c1ccc(CN(C(=O)O)C(C)(C)CC)cc1. The highest BCUT2D eigenvalue weighted by Crippen LogP contribution is 2.23. The van der Waals surface area contributed by atoms with Crippen molar-refractivity contribution in [2.45, 2.75) is 59.4 Å². The second kappa shape index (κ2) is 8.89. The molecule has 1 N–H and O–H groups in total. The average molecular weight is 323 g/mol. The van der Waals surface area contributed by atoms with E-state index < -0.39 is 11.6 Å². The van der Waals surface area contributed by atoms with E-state index in [2.05, 4.69) is 0 Å². The zero-order chi connectivity index (χ0) is 17.5. The minimum absolute atomic E-state index is 0.365. The first-order valence-corrected chi connectivity index (χ1v) is 8.18. The van der Waals surface area contributed by atoms with Crippen LogP contribution < -0.4 is 0 Å². The summed E-state index contributed by atoms with van der Waals surface area (Å²) in [7, 11) is 0. The molecule has 0 saturated carbocycles. The van der Waals surface area contributed by atoms with Gasteiger partial charge in [-0.15, -0.1) is 0 Å². The van der Waals surface area contributed by atoms with Gasteiger partial charge in [-0.3, -0.25) is 4.90 Å². The van der Waals surface area contributed by atoms with Crippen LogP contribution in [0.4, 0.5) is 4.79 Å². The number of hydrogen-bond donors (Lipinski definition) is 1. The van der Waals surface area contributed by atoms with Gasteiger partial charge in [-0.25, -0.2) is 4.79 Å². The molecule has 1 aromatic carbocycles. The molecule has 0 heterocycles. The van der Waals surface area contributed by atoms with Crippen LogP contribution in [0.15, 0.2) is 24.3 Å². The molecule has 0 saturated heterocycles. The van der Waals surface area contributed by atoms with E-state index in [0.29, 0.717) is 19.8 Å². The largest absolute Gasteiger partial charge is 0.465 e. The number of rotatable bonds is 9. The van der Waals surface area contributed by atoms with Crippen LogP contribution in [0, 0.1) is 0 Å². The number of carboxylic acid groups (broad SMARTS) is 1. The normalized spacial score (nSPS) is 11.7. The quantitative estimate of drug-likeness (QED) is 0.683. The first-order chi connectivity index (χ1) is 10.9. The van der Waals surface area contributed by atoms with Gasteiger partial charge in [-0.05, 0) is 39.7 Å². The Morgan fingerprint density at radius 1 is 1.13 bits per heavy atom. The Morgan fingerprint density at radius 3 is 2.04 bits per heavy atom. The molecule has 0 aliphatic carbocycles. The monoisotopic (exact) mass is 323 g/mol. The van der Waals surface area contributed by atoms with Gasteiger partial charge in [0, 0.05) is 30.9 Å². The lowest BCUT2D eigenvalue weighted by Gasteiger charge is -2.36. The molecule has 130 valence electrons. The van der Waals surface area contributed by atoms with E-state index in [1.807, 2.05) is 58.9 Å². The summed E-state index contributed by atoms with van der Waals surface area (Å²) in [6.45, 7) is 11.2. The lowest BCUT2D eigenvalue weighted by atomic mass is 9.98. The van der Waals surface area contributed by atoms with Crippen molar-refractivity contribution in [3.8, 4) is 0 Å². The van der Waals surface area contributed by atoms with Gasteiger partial charge in [-0.2, -0.15) is 0 Å². The Hall–Kier alpha value is -1.59. The predicted molar refractivity (Wildman–Crippen MR) is 90.4 cm³/mol. The summed E-state index contributed by atoms with van der Waals surface area (Å²) in [6, 6.07) is 7.73. The lowest BCUT2D eigenvalue weighted by molar-refractivity contribution is -0.140. The van der Waals surface area contributed by atoms with E-state index >= 15 is 0 Å². The Balaban J connectivity index is 2.88. The number of hydrogen-bond acceptors (Lipinski definition) is 3. The highest BCUT2D eigenvalue weighted by atomic mass is 16.7. The van der Waals surface area contributed by atoms with Crippen molar-refractivity contribution in [2.24, 2.45) is 0 Å². The van der Waals surface area contributed by atoms with Crippen LogP contribution in [0.2, 0.25) is 0 Å². The molecular formula is C18H29NO4. The summed E-state index contributed by atoms with van der Waals surface area (Å²) in [4.78, 5) is 13.0. The molecule has 0 fully saturated rings. The van der Waals surface area contributed by atoms with E-state index in [9.17, 15) is 9.90 Å². The fourth-order valence-corrected chi connectivity index (χ4v) is 2.24. The Bertz CT molecular complexity index is 478. The first kappa shape index (κ1) is 19.5. The smallest absolute Gasteiger partial charge is 0.408 e. The van der Waals surface area contributed by atoms with Crippen LogP contribution in [0.3, 0.4) is 0 Å². The molecule has 0 spiro atoms. The number of carbonyl (C=O) groups is 1. The van der Waals surface area contributed by atoms with Crippen molar-refractivity contribution in [1.29, 1.82) is 0 Å². The zero-order valence-corrected chi connectivity index (χ0v) is 14.8. The van der Waals surface area contributed by atoms with Gasteiger partial charge in [0.15, 0.2) is 6.29 Å². The van der Waals surface area contributed by atoms with Gasteiger partial charge < -0.3 is 14.6 Å². The van der Waals surface area contributed by atoms with E-state index in [0.717, 1.165) is 17.5 Å². The lowest BCUT2D eigenvalue weighted by Crippen LogP contribution is -2.46. The van der Waals surface area contributed by atoms with Gasteiger partial charge in [-0.1, -0.05) is 31.2 Å². The summed E-state index contributed by atoms with van der Waals surface area (Å²) in [5, 5.41) is 9.47. The van der Waals surface area contributed by atoms with Crippen LogP contribution in [0.25, 0.3) is 0 Å². The third-order valence-corrected chi connectivity index (χ3v) is 4.06. The van der Waals surface area contributed by atoms with Gasteiger partial charge in [0.1, 0.15) is 0 Å². The molecule has 0 aliphatic rings. The fraction of sp³-hybridized carbons (Fsp3) is 0.611. The highest BCUT2D eigenvalue weighted by Gasteiger charge is 2.29. The topological polar surface area (TPSA) is 59.0 Å². The molecule has 0 unspecified atom stereocenters. The predicted octanol–water partition coefficient (Wildman–Crippen LogP) is 4.43. The van der Waals surface area contributed by atoms with Crippen LogP contribution in [0.1, 0.15) is 58.5 Å². The van der Waals surface area contributed by atoms with Crippen molar-refractivity contribution in [2.75, 3.05) is 13.2 Å². The summed E-state index contributed by atoms with van der Waals surface area (Å²) in [5.41, 5.74) is 1.49. The average Bonchev–Trinajstić information content (AvgIpc) is 2.52. The molecule has 1 rings (SSSR count). The fourth-order valence-electron chi connectivity index (χ4n) is 2.24.